The van der Waals surface area contributed by atoms with E-state index in [4.69, 9.17) is 9.47 Å². The van der Waals surface area contributed by atoms with Crippen molar-refractivity contribution in [3.63, 3.8) is 0 Å². The molecule has 4 heteroatoms. The van der Waals surface area contributed by atoms with Crippen LogP contribution in [0, 0.1) is 5.92 Å². The first-order chi connectivity index (χ1) is 8.72. The second-order valence-electron chi connectivity index (χ2n) is 5.98. The van der Waals surface area contributed by atoms with Gasteiger partial charge in [-0.3, -0.25) is 4.79 Å². The van der Waals surface area contributed by atoms with Crippen molar-refractivity contribution in [1.82, 2.24) is 4.90 Å². The van der Waals surface area contributed by atoms with E-state index in [1.54, 1.807) is 0 Å². The number of amides is 1. The molecule has 3 aliphatic rings. The van der Waals surface area contributed by atoms with Gasteiger partial charge < -0.3 is 14.4 Å². The summed E-state index contributed by atoms with van der Waals surface area (Å²) in [5.74, 6) is 0.871. The monoisotopic (exact) mass is 253 g/mol. The average Bonchev–Trinajstić information content (AvgIpc) is 3.10. The highest BCUT2D eigenvalue weighted by Crippen LogP contribution is 2.39. The maximum Gasteiger partial charge on any atom is 0.251 e. The Kier molecular flexibility index (Phi) is 3.32. The summed E-state index contributed by atoms with van der Waals surface area (Å²) in [5.41, 5.74) is -0.0328. The molecule has 0 unspecified atom stereocenters. The normalized spacial score (nSPS) is 39.9. The third kappa shape index (κ3) is 2.16. The molecule has 1 amide bonds. The van der Waals surface area contributed by atoms with Crippen LogP contribution < -0.4 is 0 Å². The van der Waals surface area contributed by atoms with Crippen molar-refractivity contribution in [3.05, 3.63) is 0 Å². The Morgan fingerprint density at radius 3 is 3.06 bits per heavy atom. The van der Waals surface area contributed by atoms with Crippen LogP contribution >= 0.6 is 0 Å². The lowest BCUT2D eigenvalue weighted by Gasteiger charge is -2.24. The molecule has 3 rings (SSSR count). The van der Waals surface area contributed by atoms with Gasteiger partial charge in [-0.15, -0.1) is 0 Å². The van der Waals surface area contributed by atoms with Crippen LogP contribution in [0.3, 0.4) is 0 Å². The Labute approximate surface area is 109 Å². The molecular weight excluding hydrogens is 230 g/mol. The Morgan fingerprint density at radius 2 is 2.39 bits per heavy atom. The van der Waals surface area contributed by atoms with Crippen molar-refractivity contribution in [2.24, 2.45) is 5.92 Å². The molecule has 0 N–H and O–H groups in total. The van der Waals surface area contributed by atoms with E-state index < -0.39 is 0 Å². The number of nitrogens with zero attached hydrogens (tertiary/aromatic N) is 1. The molecule has 0 aromatic carbocycles. The van der Waals surface area contributed by atoms with Crippen molar-refractivity contribution < 1.29 is 14.3 Å². The van der Waals surface area contributed by atoms with Gasteiger partial charge in [0.2, 0.25) is 0 Å². The van der Waals surface area contributed by atoms with Gasteiger partial charge in [0, 0.05) is 19.7 Å². The molecule has 0 aromatic heterocycles. The van der Waals surface area contributed by atoms with Gasteiger partial charge in [-0.05, 0) is 31.6 Å². The lowest BCUT2D eigenvalue weighted by Crippen LogP contribution is -2.40. The zero-order valence-electron chi connectivity index (χ0n) is 11.2. The lowest BCUT2D eigenvalue weighted by atomic mass is 9.92. The van der Waals surface area contributed by atoms with Gasteiger partial charge in [0.1, 0.15) is 6.10 Å². The summed E-state index contributed by atoms with van der Waals surface area (Å²) >= 11 is 0. The maximum absolute atomic E-state index is 12.3. The van der Waals surface area contributed by atoms with E-state index in [2.05, 4.69) is 6.92 Å². The Hall–Kier alpha value is -0.610. The van der Waals surface area contributed by atoms with E-state index in [9.17, 15) is 4.79 Å². The molecular formula is C14H23NO3. The second kappa shape index (κ2) is 4.82. The van der Waals surface area contributed by atoms with Crippen molar-refractivity contribution in [2.75, 3.05) is 26.3 Å². The quantitative estimate of drug-likeness (QED) is 0.750. The highest BCUT2D eigenvalue weighted by Gasteiger charge is 2.47. The molecule has 4 nitrogen and oxygen atoms in total. The molecule has 3 heterocycles. The van der Waals surface area contributed by atoms with Crippen LogP contribution in [0.5, 0.6) is 0 Å². The van der Waals surface area contributed by atoms with Crippen LogP contribution in [0.25, 0.3) is 0 Å². The molecule has 0 saturated carbocycles. The molecule has 18 heavy (non-hydrogen) atoms. The van der Waals surface area contributed by atoms with Crippen molar-refractivity contribution in [2.45, 2.75) is 50.7 Å². The van der Waals surface area contributed by atoms with E-state index >= 15 is 0 Å². The first-order valence-electron chi connectivity index (χ1n) is 7.27. The van der Waals surface area contributed by atoms with E-state index in [0.717, 1.165) is 52.0 Å². The number of carbonyl (C=O) groups is 1. The van der Waals surface area contributed by atoms with Gasteiger partial charge in [-0.2, -0.15) is 0 Å². The molecule has 3 fully saturated rings. The van der Waals surface area contributed by atoms with Gasteiger partial charge in [0.15, 0.2) is 0 Å². The fourth-order valence-electron chi connectivity index (χ4n) is 3.49. The van der Waals surface area contributed by atoms with Crippen molar-refractivity contribution >= 4 is 5.91 Å². The van der Waals surface area contributed by atoms with Crippen LogP contribution in [0.1, 0.15) is 39.0 Å². The lowest BCUT2D eigenvalue weighted by molar-refractivity contribution is -0.140. The zero-order chi connectivity index (χ0) is 12.6. The van der Waals surface area contributed by atoms with E-state index in [1.165, 1.54) is 6.42 Å². The molecule has 1 spiro atoms. The predicted molar refractivity (Wildman–Crippen MR) is 67.3 cm³/mol. The summed E-state index contributed by atoms with van der Waals surface area (Å²) in [6, 6.07) is 0. The molecule has 3 saturated heterocycles. The fraction of sp³-hybridized carbons (Fsp3) is 0.929. The van der Waals surface area contributed by atoms with Gasteiger partial charge in [0.05, 0.1) is 12.2 Å². The van der Waals surface area contributed by atoms with Crippen LogP contribution in [-0.2, 0) is 14.3 Å². The Morgan fingerprint density at radius 1 is 1.50 bits per heavy atom. The minimum atomic E-state index is -0.177. The second-order valence-corrected chi connectivity index (χ2v) is 5.98. The molecule has 0 aromatic rings. The van der Waals surface area contributed by atoms with Crippen LogP contribution in [0.15, 0.2) is 0 Å². The third-order valence-electron chi connectivity index (χ3n) is 4.70. The molecule has 3 atom stereocenters. The van der Waals surface area contributed by atoms with Gasteiger partial charge >= 0.3 is 0 Å². The number of hydrogen-bond acceptors (Lipinski definition) is 3. The van der Waals surface area contributed by atoms with Crippen LogP contribution in [-0.4, -0.2) is 48.8 Å². The summed E-state index contributed by atoms with van der Waals surface area (Å²) < 4.78 is 11.5. The van der Waals surface area contributed by atoms with Crippen molar-refractivity contribution in [1.29, 1.82) is 0 Å². The van der Waals surface area contributed by atoms with Gasteiger partial charge in [-0.1, -0.05) is 13.3 Å². The minimum absolute atomic E-state index is 0.0328. The molecule has 0 bridgehead atoms. The first kappa shape index (κ1) is 12.4. The summed E-state index contributed by atoms with van der Waals surface area (Å²) in [4.78, 5) is 14.3. The van der Waals surface area contributed by atoms with Crippen LogP contribution in [0.2, 0.25) is 0 Å². The zero-order valence-corrected chi connectivity index (χ0v) is 11.2. The highest BCUT2D eigenvalue weighted by molar-refractivity contribution is 5.81. The SMILES string of the molecule is CC[C@@H]1CO[C@]2(CCN(C(=O)[C@@H]3CCCO3)C2)C1. The van der Waals surface area contributed by atoms with Gasteiger partial charge in [0.25, 0.3) is 5.91 Å². The summed E-state index contributed by atoms with van der Waals surface area (Å²) in [6.07, 6.45) is 5.04. The highest BCUT2D eigenvalue weighted by atomic mass is 16.5. The number of carbonyl (C=O) groups excluding carboxylic acids is 1. The van der Waals surface area contributed by atoms with Gasteiger partial charge in [-0.25, -0.2) is 0 Å². The largest absolute Gasteiger partial charge is 0.373 e. The molecule has 3 aliphatic heterocycles. The van der Waals surface area contributed by atoms with Crippen molar-refractivity contribution in [3.8, 4) is 0 Å². The maximum atomic E-state index is 12.3. The first-order valence-corrected chi connectivity index (χ1v) is 7.27. The number of likely N-dealkylation sites (tertiary alicyclic amines) is 1. The van der Waals surface area contributed by atoms with E-state index in [0.29, 0.717) is 5.92 Å². The Balaban J connectivity index is 1.59. The summed E-state index contributed by atoms with van der Waals surface area (Å²) in [7, 11) is 0. The predicted octanol–water partition coefficient (Wildman–Crippen LogP) is 1.58. The number of hydrogen-bond donors (Lipinski definition) is 0. The number of ether oxygens (including phenoxy) is 2. The van der Waals surface area contributed by atoms with E-state index in [-0.39, 0.29) is 17.6 Å². The Bertz CT molecular complexity index is 327. The molecule has 0 aliphatic carbocycles. The van der Waals surface area contributed by atoms with Crippen LogP contribution in [0.4, 0.5) is 0 Å². The average molecular weight is 253 g/mol. The molecule has 102 valence electrons. The number of rotatable bonds is 2. The minimum Gasteiger partial charge on any atom is -0.373 e. The standard InChI is InChI=1S/C14H23NO3/c1-2-11-8-14(18-9-11)5-6-15(10-14)13(16)12-4-3-7-17-12/h11-12H,2-10H2,1H3/t11-,12-,14+/m0/s1. The smallest absolute Gasteiger partial charge is 0.251 e. The fourth-order valence-corrected chi connectivity index (χ4v) is 3.49. The van der Waals surface area contributed by atoms with E-state index in [1.807, 2.05) is 4.90 Å². The summed E-state index contributed by atoms with van der Waals surface area (Å²) in [6.45, 7) is 5.46. The molecule has 0 radical (unpaired) electrons. The topological polar surface area (TPSA) is 38.8 Å². The summed E-state index contributed by atoms with van der Waals surface area (Å²) in [5, 5.41) is 0. The third-order valence-corrected chi connectivity index (χ3v) is 4.70.